The van der Waals surface area contributed by atoms with Gasteiger partial charge in [-0.15, -0.1) is 0 Å². The summed E-state index contributed by atoms with van der Waals surface area (Å²) in [6.07, 6.45) is 0. The minimum absolute atomic E-state index is 0.0665. The summed E-state index contributed by atoms with van der Waals surface area (Å²) in [6, 6.07) is 18.5. The Morgan fingerprint density at radius 2 is 1.74 bits per heavy atom. The van der Waals surface area contributed by atoms with Crippen LogP contribution in [0.15, 0.2) is 71.3 Å². The molecule has 0 aliphatic carbocycles. The second-order valence-corrected chi connectivity index (χ2v) is 6.77. The monoisotopic (exact) mass is 418 g/mol. The van der Waals surface area contributed by atoms with E-state index >= 15 is 0 Å². The molecule has 4 rings (SSSR count). The zero-order valence-corrected chi connectivity index (χ0v) is 17.0. The number of carbonyl (C=O) groups excluding carboxylic acids is 1. The molecular weight excluding hydrogens is 399 g/mol. The van der Waals surface area contributed by atoms with E-state index in [1.807, 2.05) is 30.3 Å². The van der Waals surface area contributed by atoms with Crippen molar-refractivity contribution >= 4 is 5.78 Å². The van der Waals surface area contributed by atoms with Gasteiger partial charge in [0.2, 0.25) is 11.7 Å². The molecule has 0 saturated carbocycles. The molecule has 31 heavy (non-hydrogen) atoms. The van der Waals surface area contributed by atoms with Crippen LogP contribution in [0, 0.1) is 12.7 Å². The van der Waals surface area contributed by atoms with Crippen LogP contribution in [0.2, 0.25) is 0 Å². The fraction of sp³-hybridized carbons (Fsp3) is 0.125. The SMILES string of the molecule is COc1cc(-c2noc(C)n2)c(C(=O)c2ccccc2F)cc1OCc1ccccc1. The van der Waals surface area contributed by atoms with Crippen LogP contribution in [-0.2, 0) is 6.61 Å². The number of aryl methyl sites for hydroxylation is 1. The number of nitrogens with zero attached hydrogens (tertiary/aromatic N) is 2. The van der Waals surface area contributed by atoms with E-state index in [2.05, 4.69) is 10.1 Å². The van der Waals surface area contributed by atoms with Crippen LogP contribution >= 0.6 is 0 Å². The van der Waals surface area contributed by atoms with Gasteiger partial charge in [-0.05, 0) is 29.8 Å². The predicted molar refractivity (Wildman–Crippen MR) is 112 cm³/mol. The van der Waals surface area contributed by atoms with Crippen molar-refractivity contribution in [1.82, 2.24) is 10.1 Å². The minimum atomic E-state index is -0.620. The van der Waals surface area contributed by atoms with Crippen molar-refractivity contribution in [2.45, 2.75) is 13.5 Å². The van der Waals surface area contributed by atoms with Gasteiger partial charge in [-0.25, -0.2) is 4.39 Å². The third-order valence-corrected chi connectivity index (χ3v) is 4.67. The second-order valence-electron chi connectivity index (χ2n) is 6.77. The number of halogens is 1. The van der Waals surface area contributed by atoms with Gasteiger partial charge >= 0.3 is 0 Å². The number of carbonyl (C=O) groups is 1. The molecule has 156 valence electrons. The Balaban J connectivity index is 1.81. The second kappa shape index (κ2) is 8.79. The van der Waals surface area contributed by atoms with E-state index in [-0.39, 0.29) is 23.6 Å². The summed E-state index contributed by atoms with van der Waals surface area (Å²) in [5.41, 5.74) is 1.41. The number of ketones is 1. The van der Waals surface area contributed by atoms with Crippen molar-refractivity contribution in [2.24, 2.45) is 0 Å². The van der Waals surface area contributed by atoms with E-state index in [0.717, 1.165) is 5.56 Å². The van der Waals surface area contributed by atoms with E-state index in [0.29, 0.717) is 23.0 Å². The molecule has 0 saturated heterocycles. The molecule has 4 aromatic rings. The summed E-state index contributed by atoms with van der Waals surface area (Å²) in [6.45, 7) is 1.91. The Bertz CT molecular complexity index is 1220. The first-order valence-corrected chi connectivity index (χ1v) is 9.55. The van der Waals surface area contributed by atoms with Gasteiger partial charge in [0.05, 0.1) is 12.7 Å². The Labute approximate surface area is 178 Å². The molecule has 0 aliphatic heterocycles. The summed E-state index contributed by atoms with van der Waals surface area (Å²) >= 11 is 0. The number of hydrogen-bond donors (Lipinski definition) is 0. The molecule has 0 spiro atoms. The highest BCUT2D eigenvalue weighted by Gasteiger charge is 2.24. The quantitative estimate of drug-likeness (QED) is 0.393. The van der Waals surface area contributed by atoms with Gasteiger partial charge in [0.1, 0.15) is 12.4 Å². The maximum Gasteiger partial charge on any atom is 0.223 e. The maximum atomic E-state index is 14.4. The lowest BCUT2D eigenvalue weighted by molar-refractivity contribution is 0.103. The third kappa shape index (κ3) is 4.30. The Kier molecular flexibility index (Phi) is 5.75. The zero-order chi connectivity index (χ0) is 21.8. The lowest BCUT2D eigenvalue weighted by atomic mass is 9.96. The smallest absolute Gasteiger partial charge is 0.223 e. The molecule has 0 fully saturated rings. The Morgan fingerprint density at radius 3 is 2.42 bits per heavy atom. The van der Waals surface area contributed by atoms with Crippen molar-refractivity contribution in [3.05, 3.63) is 95.1 Å². The summed E-state index contributed by atoms with van der Waals surface area (Å²) < 4.78 is 30.8. The molecular formula is C24H19FN2O4. The molecule has 1 aromatic heterocycles. The standard InChI is InChI=1S/C24H19FN2O4/c1-15-26-24(27-31-15)19-13-21(29-2)22(30-14-16-8-4-3-5-9-16)12-18(19)23(28)17-10-6-7-11-20(17)25/h3-13H,14H2,1-2H3. The number of hydrogen-bond acceptors (Lipinski definition) is 6. The van der Waals surface area contributed by atoms with Crippen molar-refractivity contribution in [2.75, 3.05) is 7.11 Å². The summed E-state index contributed by atoms with van der Waals surface area (Å²) in [5, 5.41) is 3.92. The highest BCUT2D eigenvalue weighted by atomic mass is 19.1. The predicted octanol–water partition coefficient (Wildman–Crippen LogP) is 5.00. The van der Waals surface area contributed by atoms with Crippen LogP contribution in [0.25, 0.3) is 11.4 Å². The highest BCUT2D eigenvalue weighted by Crippen LogP contribution is 2.36. The fourth-order valence-corrected chi connectivity index (χ4v) is 3.14. The molecule has 3 aromatic carbocycles. The number of ether oxygens (including phenoxy) is 2. The molecule has 0 aliphatic rings. The van der Waals surface area contributed by atoms with Gasteiger partial charge < -0.3 is 14.0 Å². The van der Waals surface area contributed by atoms with Crippen LogP contribution in [0.5, 0.6) is 11.5 Å². The van der Waals surface area contributed by atoms with Gasteiger partial charge in [0, 0.05) is 18.1 Å². The largest absolute Gasteiger partial charge is 0.493 e. The van der Waals surface area contributed by atoms with Crippen molar-refractivity contribution < 1.29 is 23.2 Å². The average Bonchev–Trinajstić information content (AvgIpc) is 3.23. The Morgan fingerprint density at radius 1 is 1.00 bits per heavy atom. The minimum Gasteiger partial charge on any atom is -0.493 e. The molecule has 0 radical (unpaired) electrons. The van der Waals surface area contributed by atoms with Gasteiger partial charge in [-0.2, -0.15) is 4.98 Å². The first kappa shape index (κ1) is 20.3. The maximum absolute atomic E-state index is 14.4. The summed E-state index contributed by atoms with van der Waals surface area (Å²) in [5.74, 6) is 0.120. The van der Waals surface area contributed by atoms with Crippen LogP contribution in [0.1, 0.15) is 27.4 Å². The lowest BCUT2D eigenvalue weighted by Crippen LogP contribution is -2.08. The first-order chi connectivity index (χ1) is 15.1. The van der Waals surface area contributed by atoms with E-state index in [4.69, 9.17) is 14.0 Å². The van der Waals surface area contributed by atoms with E-state index in [1.54, 1.807) is 19.1 Å². The molecule has 0 unspecified atom stereocenters. The normalized spacial score (nSPS) is 10.7. The van der Waals surface area contributed by atoms with Gasteiger partial charge in [-0.3, -0.25) is 4.79 Å². The van der Waals surface area contributed by atoms with E-state index in [1.165, 1.54) is 31.4 Å². The van der Waals surface area contributed by atoms with E-state index in [9.17, 15) is 9.18 Å². The molecule has 6 nitrogen and oxygen atoms in total. The van der Waals surface area contributed by atoms with Crippen molar-refractivity contribution in [1.29, 1.82) is 0 Å². The third-order valence-electron chi connectivity index (χ3n) is 4.67. The van der Waals surface area contributed by atoms with Gasteiger partial charge in [0.15, 0.2) is 17.3 Å². The summed E-state index contributed by atoms with van der Waals surface area (Å²) in [4.78, 5) is 17.5. The van der Waals surface area contributed by atoms with Crippen molar-refractivity contribution in [3.8, 4) is 22.9 Å². The van der Waals surface area contributed by atoms with Gasteiger partial charge in [0.25, 0.3) is 0 Å². The van der Waals surface area contributed by atoms with Crippen LogP contribution in [0.3, 0.4) is 0 Å². The fourth-order valence-electron chi connectivity index (χ4n) is 3.14. The highest BCUT2D eigenvalue weighted by molar-refractivity contribution is 6.13. The number of benzene rings is 3. The first-order valence-electron chi connectivity index (χ1n) is 9.55. The van der Waals surface area contributed by atoms with Crippen LogP contribution in [0.4, 0.5) is 4.39 Å². The zero-order valence-electron chi connectivity index (χ0n) is 17.0. The molecule has 0 atom stereocenters. The Hall–Kier alpha value is -4.00. The topological polar surface area (TPSA) is 74.5 Å². The molecule has 7 heteroatoms. The van der Waals surface area contributed by atoms with Crippen LogP contribution < -0.4 is 9.47 Å². The lowest BCUT2D eigenvalue weighted by Gasteiger charge is -2.15. The summed E-state index contributed by atoms with van der Waals surface area (Å²) in [7, 11) is 1.49. The number of aromatic nitrogens is 2. The number of rotatable bonds is 7. The number of methoxy groups -OCH3 is 1. The van der Waals surface area contributed by atoms with E-state index < -0.39 is 11.6 Å². The van der Waals surface area contributed by atoms with Crippen molar-refractivity contribution in [3.63, 3.8) is 0 Å². The molecule has 0 amide bonds. The molecule has 0 N–H and O–H groups in total. The van der Waals surface area contributed by atoms with Crippen LogP contribution in [-0.4, -0.2) is 23.0 Å². The molecule has 1 heterocycles. The molecule has 0 bridgehead atoms. The average molecular weight is 418 g/mol. The van der Waals surface area contributed by atoms with Gasteiger partial charge in [-0.1, -0.05) is 47.6 Å².